The van der Waals surface area contributed by atoms with Crippen LogP contribution in [0.2, 0.25) is 0 Å². The predicted octanol–water partition coefficient (Wildman–Crippen LogP) is 1.40. The van der Waals surface area contributed by atoms with Gasteiger partial charge in [-0.2, -0.15) is 4.98 Å². The van der Waals surface area contributed by atoms with E-state index in [9.17, 15) is 9.59 Å². The molecule has 24 heavy (non-hydrogen) atoms. The minimum absolute atomic E-state index is 0. The number of hydrogen-bond acceptors (Lipinski definition) is 6. The Morgan fingerprint density at radius 1 is 1.33 bits per heavy atom. The van der Waals surface area contributed by atoms with Crippen LogP contribution in [0.5, 0.6) is 0 Å². The molecule has 3 rings (SSSR count). The van der Waals surface area contributed by atoms with Crippen LogP contribution in [-0.2, 0) is 17.8 Å². The molecule has 1 atom stereocenters. The number of carbonyl (C=O) groups is 2. The second kappa shape index (κ2) is 7.48. The summed E-state index contributed by atoms with van der Waals surface area (Å²) in [6.07, 6.45) is 5.09. The Balaban J connectivity index is 0.00000208. The molecule has 3 amide bonds. The third kappa shape index (κ3) is 3.54. The van der Waals surface area contributed by atoms with Gasteiger partial charge in [0.2, 0.25) is 5.89 Å². The molecule has 2 N–H and O–H groups in total. The van der Waals surface area contributed by atoms with E-state index in [0.29, 0.717) is 31.0 Å². The molecule has 1 spiro atoms. The van der Waals surface area contributed by atoms with Gasteiger partial charge in [-0.15, -0.1) is 12.4 Å². The van der Waals surface area contributed by atoms with E-state index in [2.05, 4.69) is 20.8 Å². The summed E-state index contributed by atoms with van der Waals surface area (Å²) in [6, 6.07) is -0.136. The molecule has 2 aliphatic rings. The van der Waals surface area contributed by atoms with Crippen LogP contribution < -0.4 is 10.6 Å². The van der Waals surface area contributed by atoms with E-state index < -0.39 is 5.54 Å². The van der Waals surface area contributed by atoms with Gasteiger partial charge in [0.05, 0.1) is 0 Å². The molecule has 1 aliphatic carbocycles. The zero-order chi connectivity index (χ0) is 16.4. The van der Waals surface area contributed by atoms with E-state index in [-0.39, 0.29) is 36.9 Å². The van der Waals surface area contributed by atoms with E-state index in [0.717, 1.165) is 19.3 Å². The summed E-state index contributed by atoms with van der Waals surface area (Å²) in [6.45, 7) is 2.05. The first-order chi connectivity index (χ1) is 11.0. The minimum Gasteiger partial charge on any atom is -0.337 e. The number of halogens is 1. The number of hydrogen-bond donors (Lipinski definition) is 2. The molecule has 2 heterocycles. The normalized spacial score (nSPS) is 20.8. The van der Waals surface area contributed by atoms with Gasteiger partial charge >= 0.3 is 6.03 Å². The van der Waals surface area contributed by atoms with Crippen molar-refractivity contribution in [3.63, 3.8) is 0 Å². The molecular formula is C15H24ClN5O3. The lowest BCUT2D eigenvalue weighted by atomic mass is 9.82. The quantitative estimate of drug-likeness (QED) is 0.772. The van der Waals surface area contributed by atoms with Crippen LogP contribution in [0.3, 0.4) is 0 Å². The zero-order valence-corrected chi connectivity index (χ0v) is 14.8. The number of aromatic nitrogens is 2. The van der Waals surface area contributed by atoms with Crippen molar-refractivity contribution in [1.82, 2.24) is 25.7 Å². The first-order valence-electron chi connectivity index (χ1n) is 8.17. The molecule has 1 aliphatic heterocycles. The fourth-order valence-corrected chi connectivity index (χ4v) is 3.26. The van der Waals surface area contributed by atoms with Gasteiger partial charge in [-0.1, -0.05) is 24.4 Å². The Hall–Kier alpha value is -1.67. The monoisotopic (exact) mass is 357 g/mol. The number of nitrogens with zero attached hydrogens (tertiary/aromatic N) is 3. The van der Waals surface area contributed by atoms with Crippen molar-refractivity contribution in [3.8, 4) is 0 Å². The molecule has 1 saturated carbocycles. The largest absolute Gasteiger partial charge is 0.337 e. The summed E-state index contributed by atoms with van der Waals surface area (Å²) < 4.78 is 5.18. The Morgan fingerprint density at radius 3 is 2.71 bits per heavy atom. The maximum absolute atomic E-state index is 12.7. The maximum Gasteiger partial charge on any atom is 0.325 e. The number of imide groups is 1. The highest BCUT2D eigenvalue weighted by Crippen LogP contribution is 2.34. The van der Waals surface area contributed by atoms with Gasteiger partial charge in [0.25, 0.3) is 5.91 Å². The van der Waals surface area contributed by atoms with Crippen LogP contribution in [0.1, 0.15) is 50.7 Å². The molecule has 0 aromatic carbocycles. The molecule has 1 unspecified atom stereocenters. The molecule has 1 saturated heterocycles. The molecule has 1 aromatic rings. The third-order valence-corrected chi connectivity index (χ3v) is 4.74. The van der Waals surface area contributed by atoms with Gasteiger partial charge in [0.15, 0.2) is 5.82 Å². The van der Waals surface area contributed by atoms with Crippen LogP contribution in [0.15, 0.2) is 4.52 Å². The highest BCUT2D eigenvalue weighted by Gasteiger charge is 2.51. The summed E-state index contributed by atoms with van der Waals surface area (Å²) in [5, 5.41) is 9.88. The van der Waals surface area contributed by atoms with Crippen molar-refractivity contribution in [1.29, 1.82) is 0 Å². The molecule has 2 fully saturated rings. The fraction of sp³-hybridized carbons (Fsp3) is 0.733. The third-order valence-electron chi connectivity index (χ3n) is 4.74. The molecule has 9 heteroatoms. The van der Waals surface area contributed by atoms with Crippen molar-refractivity contribution < 1.29 is 14.1 Å². The van der Waals surface area contributed by atoms with Crippen molar-refractivity contribution in [2.24, 2.45) is 0 Å². The Bertz CT molecular complexity index is 600. The van der Waals surface area contributed by atoms with Crippen LogP contribution in [0.25, 0.3) is 0 Å². The fourth-order valence-electron chi connectivity index (χ4n) is 3.26. The molecular weight excluding hydrogens is 334 g/mol. The van der Waals surface area contributed by atoms with Crippen LogP contribution in [-0.4, -0.2) is 45.6 Å². The topological polar surface area (TPSA) is 100 Å². The summed E-state index contributed by atoms with van der Waals surface area (Å²) >= 11 is 0. The Labute approximate surface area is 147 Å². The first kappa shape index (κ1) is 18.7. The van der Waals surface area contributed by atoms with Gasteiger partial charge in [-0.05, 0) is 26.8 Å². The zero-order valence-electron chi connectivity index (χ0n) is 14.0. The van der Waals surface area contributed by atoms with Crippen molar-refractivity contribution in [2.45, 2.75) is 63.6 Å². The maximum atomic E-state index is 12.7. The predicted molar refractivity (Wildman–Crippen MR) is 88.7 cm³/mol. The van der Waals surface area contributed by atoms with Crippen LogP contribution >= 0.6 is 12.4 Å². The highest BCUT2D eigenvalue weighted by atomic mass is 35.5. The van der Waals surface area contributed by atoms with Crippen LogP contribution in [0.4, 0.5) is 4.79 Å². The summed E-state index contributed by atoms with van der Waals surface area (Å²) in [5.41, 5.74) is -0.709. The number of urea groups is 1. The van der Waals surface area contributed by atoms with Crippen molar-refractivity contribution in [3.05, 3.63) is 11.7 Å². The number of amides is 3. The minimum atomic E-state index is -0.709. The van der Waals surface area contributed by atoms with E-state index in [1.165, 1.54) is 4.90 Å². The second-order valence-electron chi connectivity index (χ2n) is 6.46. The highest BCUT2D eigenvalue weighted by molar-refractivity contribution is 6.06. The van der Waals surface area contributed by atoms with E-state index in [1.807, 2.05) is 14.0 Å². The van der Waals surface area contributed by atoms with Gasteiger partial charge in [0.1, 0.15) is 12.1 Å². The summed E-state index contributed by atoms with van der Waals surface area (Å²) in [5.74, 6) is 0.700. The standard InChI is InChI=1S/C15H23N5O3.ClH/c1-10(16-2)8-11-17-12(23-19-11)9-20-13(21)15(18-14(20)22)6-4-3-5-7-15;/h10,16H,3-9H2,1-2H3,(H,18,22);1H. The van der Waals surface area contributed by atoms with E-state index >= 15 is 0 Å². The molecule has 0 bridgehead atoms. The number of likely N-dealkylation sites (N-methyl/N-ethyl adjacent to an activating group) is 1. The SMILES string of the molecule is CNC(C)Cc1noc(CN2C(=O)NC3(CCCCC3)C2=O)n1.Cl. The van der Waals surface area contributed by atoms with E-state index in [4.69, 9.17) is 4.52 Å². The second-order valence-corrected chi connectivity index (χ2v) is 6.46. The molecule has 1 aromatic heterocycles. The molecule has 0 radical (unpaired) electrons. The number of rotatable bonds is 5. The molecule has 134 valence electrons. The average Bonchev–Trinajstić information content (AvgIpc) is 3.07. The first-order valence-corrected chi connectivity index (χ1v) is 8.17. The molecule has 8 nitrogen and oxygen atoms in total. The van der Waals surface area contributed by atoms with E-state index in [1.54, 1.807) is 0 Å². The Morgan fingerprint density at radius 2 is 2.04 bits per heavy atom. The summed E-state index contributed by atoms with van der Waals surface area (Å²) in [7, 11) is 1.86. The summed E-state index contributed by atoms with van der Waals surface area (Å²) in [4.78, 5) is 30.3. The number of carbonyl (C=O) groups excluding carboxylic acids is 2. The van der Waals surface area contributed by atoms with Gasteiger partial charge < -0.3 is 15.2 Å². The van der Waals surface area contributed by atoms with Gasteiger partial charge in [-0.3, -0.25) is 9.69 Å². The lowest BCUT2D eigenvalue weighted by Crippen LogP contribution is -2.48. The van der Waals surface area contributed by atoms with Crippen molar-refractivity contribution >= 4 is 24.3 Å². The van der Waals surface area contributed by atoms with Crippen LogP contribution in [0, 0.1) is 0 Å². The van der Waals surface area contributed by atoms with Gasteiger partial charge in [-0.25, -0.2) is 4.79 Å². The lowest BCUT2D eigenvalue weighted by molar-refractivity contribution is -0.133. The lowest BCUT2D eigenvalue weighted by Gasteiger charge is -2.30. The number of nitrogens with one attached hydrogen (secondary N) is 2. The Kier molecular flexibility index (Phi) is 5.82. The van der Waals surface area contributed by atoms with Gasteiger partial charge in [0, 0.05) is 12.5 Å². The average molecular weight is 358 g/mol. The van der Waals surface area contributed by atoms with Crippen molar-refractivity contribution in [2.75, 3.05) is 7.05 Å². The smallest absolute Gasteiger partial charge is 0.325 e.